The minimum atomic E-state index is -3.80. The summed E-state index contributed by atoms with van der Waals surface area (Å²) < 4.78 is 35.6. The molecule has 2 aromatic rings. The first-order chi connectivity index (χ1) is 17.7. The van der Waals surface area contributed by atoms with Gasteiger partial charge in [-0.1, -0.05) is 55.0 Å². The number of esters is 2. The summed E-state index contributed by atoms with van der Waals surface area (Å²) in [5, 5.41) is 8.36. The van der Waals surface area contributed by atoms with E-state index in [0.717, 1.165) is 24.1 Å². The first kappa shape index (κ1) is 31.4. The fourth-order valence-corrected chi connectivity index (χ4v) is 4.05. The number of aryl methyl sites for hydroxylation is 1. The van der Waals surface area contributed by atoms with Crippen molar-refractivity contribution in [3.63, 3.8) is 0 Å². The molecule has 0 radical (unpaired) electrons. The van der Waals surface area contributed by atoms with E-state index in [2.05, 4.69) is 29.4 Å². The molecular formula is C27H40N3O7P. The summed E-state index contributed by atoms with van der Waals surface area (Å²) in [5.74, 6) is -1.03. The van der Waals surface area contributed by atoms with Crippen LogP contribution in [0.15, 0.2) is 42.6 Å². The fourth-order valence-electron chi connectivity index (χ4n) is 2.93. The van der Waals surface area contributed by atoms with E-state index >= 15 is 0 Å². The van der Waals surface area contributed by atoms with Crippen LogP contribution in [0.5, 0.6) is 0 Å². The van der Waals surface area contributed by atoms with Crippen molar-refractivity contribution in [2.45, 2.75) is 67.9 Å². The molecule has 0 amide bonds. The van der Waals surface area contributed by atoms with Gasteiger partial charge in [0, 0.05) is 5.56 Å². The van der Waals surface area contributed by atoms with Gasteiger partial charge in [0.15, 0.2) is 0 Å². The number of benzene rings is 1. The van der Waals surface area contributed by atoms with Crippen molar-refractivity contribution in [1.82, 2.24) is 15.0 Å². The lowest BCUT2D eigenvalue weighted by atomic mass is 9.98. The first-order valence-corrected chi connectivity index (χ1v) is 14.3. The molecule has 0 saturated heterocycles. The average molecular weight is 550 g/mol. The second-order valence-electron chi connectivity index (χ2n) is 10.9. The van der Waals surface area contributed by atoms with Crippen LogP contribution < -0.4 is 0 Å². The second-order valence-corrected chi connectivity index (χ2v) is 13.0. The number of carbonyl (C=O) groups excluding carboxylic acids is 2. The first-order valence-electron chi connectivity index (χ1n) is 12.6. The van der Waals surface area contributed by atoms with Gasteiger partial charge < -0.3 is 9.47 Å². The number of aromatic nitrogens is 3. The fraction of sp³-hybridized carbons (Fsp3) is 0.556. The molecule has 0 atom stereocenters. The molecule has 1 heterocycles. The van der Waals surface area contributed by atoms with Crippen LogP contribution in [0.3, 0.4) is 0 Å². The van der Waals surface area contributed by atoms with E-state index in [4.69, 9.17) is 18.5 Å². The molecule has 38 heavy (non-hydrogen) atoms. The molecule has 0 spiro atoms. The number of carbonyl (C=O) groups is 2. The van der Waals surface area contributed by atoms with Gasteiger partial charge in [-0.2, -0.15) is 0 Å². The van der Waals surface area contributed by atoms with Crippen LogP contribution in [-0.2, 0) is 45.6 Å². The minimum Gasteiger partial charge on any atom is -0.438 e. The quantitative estimate of drug-likeness (QED) is 0.133. The van der Waals surface area contributed by atoms with E-state index < -0.39 is 44.0 Å². The molecule has 210 valence electrons. The highest BCUT2D eigenvalue weighted by Crippen LogP contribution is 2.48. The molecule has 0 fully saturated rings. The van der Waals surface area contributed by atoms with E-state index in [0.29, 0.717) is 6.54 Å². The molecule has 0 saturated carbocycles. The molecule has 0 bridgehead atoms. The second kappa shape index (κ2) is 13.8. The third-order valence-electron chi connectivity index (χ3n) is 5.22. The molecule has 0 N–H and O–H groups in total. The van der Waals surface area contributed by atoms with Crippen molar-refractivity contribution in [1.29, 1.82) is 0 Å². The summed E-state index contributed by atoms with van der Waals surface area (Å²) in [5.41, 5.74) is 1.51. The van der Waals surface area contributed by atoms with Crippen LogP contribution in [0.1, 0.15) is 60.5 Å². The van der Waals surface area contributed by atoms with Crippen LogP contribution in [0.2, 0.25) is 0 Å². The monoisotopic (exact) mass is 549 g/mol. The third kappa shape index (κ3) is 10.5. The van der Waals surface area contributed by atoms with Gasteiger partial charge >= 0.3 is 19.5 Å². The van der Waals surface area contributed by atoms with Gasteiger partial charge in [0.1, 0.15) is 5.69 Å². The zero-order chi connectivity index (χ0) is 28.4. The van der Waals surface area contributed by atoms with E-state index in [1.54, 1.807) is 58.4 Å². The zero-order valence-corrected chi connectivity index (χ0v) is 24.3. The van der Waals surface area contributed by atoms with Gasteiger partial charge in [0.05, 0.1) is 29.7 Å². The van der Waals surface area contributed by atoms with E-state index in [-0.39, 0.29) is 6.16 Å². The molecule has 0 aliphatic heterocycles. The van der Waals surface area contributed by atoms with Crippen molar-refractivity contribution in [2.75, 3.05) is 19.7 Å². The molecule has 1 aromatic heterocycles. The Hall–Kier alpha value is -2.81. The van der Waals surface area contributed by atoms with Crippen molar-refractivity contribution >= 4 is 19.5 Å². The lowest BCUT2D eigenvalue weighted by Gasteiger charge is -2.21. The minimum absolute atomic E-state index is 0.131. The van der Waals surface area contributed by atoms with Crippen LogP contribution in [0.25, 0.3) is 11.3 Å². The van der Waals surface area contributed by atoms with Crippen molar-refractivity contribution in [3.05, 3.63) is 48.2 Å². The van der Waals surface area contributed by atoms with E-state index in [1.165, 1.54) is 5.56 Å². The maximum atomic E-state index is 13.2. The Balaban J connectivity index is 1.97. The van der Waals surface area contributed by atoms with Gasteiger partial charge in [-0.15, -0.1) is 5.10 Å². The Morgan fingerprint density at radius 3 is 1.97 bits per heavy atom. The lowest BCUT2D eigenvalue weighted by molar-refractivity contribution is -0.161. The van der Waals surface area contributed by atoms with Crippen molar-refractivity contribution in [3.8, 4) is 11.3 Å². The van der Waals surface area contributed by atoms with Crippen LogP contribution in [-0.4, -0.2) is 46.7 Å². The summed E-state index contributed by atoms with van der Waals surface area (Å²) in [6.07, 6.45) is 7.17. The summed E-state index contributed by atoms with van der Waals surface area (Å²) in [6, 6.07) is 8.23. The number of hydrogen-bond acceptors (Lipinski definition) is 9. The number of ether oxygens (including phenoxy) is 2. The molecular weight excluding hydrogens is 509 g/mol. The maximum absolute atomic E-state index is 13.2. The largest absolute Gasteiger partial charge is 0.438 e. The highest BCUT2D eigenvalue weighted by Gasteiger charge is 2.29. The molecule has 1 aromatic carbocycles. The lowest BCUT2D eigenvalue weighted by Crippen LogP contribution is -2.25. The third-order valence-corrected chi connectivity index (χ3v) is 6.87. The Morgan fingerprint density at radius 2 is 1.47 bits per heavy atom. The molecule has 11 heteroatoms. The summed E-state index contributed by atoms with van der Waals surface area (Å²) >= 11 is 0. The Labute approximate surface area is 225 Å². The predicted molar refractivity (Wildman–Crippen MR) is 144 cm³/mol. The number of hydrogen-bond donors (Lipinski definition) is 0. The summed E-state index contributed by atoms with van der Waals surface area (Å²) in [6.45, 7) is 11.6. The van der Waals surface area contributed by atoms with Crippen molar-refractivity contribution in [2.24, 2.45) is 10.8 Å². The average Bonchev–Trinajstić information content (AvgIpc) is 3.30. The maximum Gasteiger partial charge on any atom is 0.340 e. The normalized spacial score (nSPS) is 12.6. The summed E-state index contributed by atoms with van der Waals surface area (Å²) in [7, 11) is -3.80. The van der Waals surface area contributed by atoms with Crippen LogP contribution in [0.4, 0.5) is 0 Å². The number of allylic oxidation sites excluding steroid dienone is 2. The zero-order valence-electron chi connectivity index (χ0n) is 23.4. The Kier molecular flexibility index (Phi) is 11.4. The molecule has 10 nitrogen and oxygen atoms in total. The van der Waals surface area contributed by atoms with Gasteiger partial charge in [-0.05, 0) is 53.5 Å². The molecule has 0 aliphatic carbocycles. The van der Waals surface area contributed by atoms with Gasteiger partial charge in [-0.3, -0.25) is 23.2 Å². The molecule has 0 aliphatic rings. The van der Waals surface area contributed by atoms with Gasteiger partial charge in [-0.25, -0.2) is 4.68 Å². The molecule has 0 unspecified atom stereocenters. The van der Waals surface area contributed by atoms with Crippen LogP contribution >= 0.6 is 7.60 Å². The highest BCUT2D eigenvalue weighted by molar-refractivity contribution is 7.54. The standard InChI is InChI=1S/C27H40N3O7P/c1-8-11-21-12-14-22(15-13-21)23-18-30(29-28-23)16-9-10-17-38(33,36-19-34-24(31)26(2,3)4)37-20-35-25(32)27(5,6)7/h9-10,12-15,18H,8,11,16-17,19-20H2,1-7H3/b10-9+. The Morgan fingerprint density at radius 1 is 0.921 bits per heavy atom. The SMILES string of the molecule is CCCc1ccc(-c2cn(C/C=C/CP(=O)(OCOC(=O)C(C)(C)C)OCOC(=O)C(C)(C)C)nn2)cc1. The van der Waals surface area contributed by atoms with E-state index in [9.17, 15) is 14.2 Å². The van der Waals surface area contributed by atoms with E-state index in [1.807, 2.05) is 18.3 Å². The van der Waals surface area contributed by atoms with Crippen molar-refractivity contribution < 1.29 is 32.7 Å². The summed E-state index contributed by atoms with van der Waals surface area (Å²) in [4.78, 5) is 24.0. The van der Waals surface area contributed by atoms with Gasteiger partial charge in [0.25, 0.3) is 0 Å². The van der Waals surface area contributed by atoms with Crippen LogP contribution in [0, 0.1) is 10.8 Å². The predicted octanol–water partition coefficient (Wildman–Crippen LogP) is 5.77. The van der Waals surface area contributed by atoms with Gasteiger partial charge in [0.2, 0.25) is 13.6 Å². The smallest absolute Gasteiger partial charge is 0.340 e. The Bertz CT molecular complexity index is 1090. The highest BCUT2D eigenvalue weighted by atomic mass is 31.2. The number of rotatable bonds is 13. The number of nitrogens with zero attached hydrogens (tertiary/aromatic N) is 3. The molecule has 2 rings (SSSR count). The topological polar surface area (TPSA) is 119 Å².